The zero-order chi connectivity index (χ0) is 9.09. The van der Waals surface area contributed by atoms with Crippen molar-refractivity contribution in [2.75, 3.05) is 6.54 Å². The van der Waals surface area contributed by atoms with Crippen molar-refractivity contribution in [1.29, 1.82) is 0 Å². The second kappa shape index (κ2) is 2.24. The molecule has 0 spiro atoms. The quantitative estimate of drug-likeness (QED) is 0.586. The van der Waals surface area contributed by atoms with Gasteiger partial charge in [-0.15, -0.1) is 0 Å². The molecule has 1 saturated heterocycles. The standard InChI is InChI=1S/C10H20N2/c1-6-8-7(9(8)11)5-12(6)10(2,3)4/h6-9H,5,11H2,1-4H3/t6-,7-,8+,9+/m1/s1. The molecule has 0 aromatic heterocycles. The van der Waals surface area contributed by atoms with Crippen LogP contribution in [0, 0.1) is 11.8 Å². The third-order valence-corrected chi connectivity index (χ3v) is 3.61. The van der Waals surface area contributed by atoms with Crippen molar-refractivity contribution >= 4 is 0 Å². The van der Waals surface area contributed by atoms with E-state index in [-0.39, 0.29) is 0 Å². The summed E-state index contributed by atoms with van der Waals surface area (Å²) >= 11 is 0. The summed E-state index contributed by atoms with van der Waals surface area (Å²) in [5, 5.41) is 0. The number of hydrogen-bond donors (Lipinski definition) is 1. The molecule has 2 aliphatic rings. The van der Waals surface area contributed by atoms with E-state index in [0.29, 0.717) is 17.6 Å². The maximum Gasteiger partial charge on any atom is 0.0130 e. The van der Waals surface area contributed by atoms with Gasteiger partial charge in [-0.2, -0.15) is 0 Å². The van der Waals surface area contributed by atoms with Crippen molar-refractivity contribution in [3.63, 3.8) is 0 Å². The van der Waals surface area contributed by atoms with Gasteiger partial charge in [-0.3, -0.25) is 4.90 Å². The van der Waals surface area contributed by atoms with Crippen LogP contribution in [0.25, 0.3) is 0 Å². The molecule has 70 valence electrons. The van der Waals surface area contributed by atoms with Crippen molar-refractivity contribution in [2.45, 2.75) is 45.3 Å². The Labute approximate surface area is 75.1 Å². The van der Waals surface area contributed by atoms with Gasteiger partial charge in [-0.1, -0.05) is 0 Å². The van der Waals surface area contributed by atoms with Gasteiger partial charge in [0.2, 0.25) is 0 Å². The molecule has 2 N–H and O–H groups in total. The molecule has 1 heterocycles. The van der Waals surface area contributed by atoms with Crippen molar-refractivity contribution in [2.24, 2.45) is 17.6 Å². The maximum atomic E-state index is 5.94. The fourth-order valence-electron chi connectivity index (χ4n) is 2.84. The van der Waals surface area contributed by atoms with Crippen LogP contribution in [-0.4, -0.2) is 29.1 Å². The van der Waals surface area contributed by atoms with E-state index < -0.39 is 0 Å². The number of likely N-dealkylation sites (tertiary alicyclic amines) is 1. The zero-order valence-corrected chi connectivity index (χ0v) is 8.54. The number of piperidine rings is 1. The zero-order valence-electron chi connectivity index (χ0n) is 8.54. The van der Waals surface area contributed by atoms with E-state index in [4.69, 9.17) is 5.73 Å². The summed E-state index contributed by atoms with van der Waals surface area (Å²) in [4.78, 5) is 2.59. The molecule has 2 heteroatoms. The SMILES string of the molecule is C[C@@H]1[C@@H]2[C@@H](N)[C@@H]2CN1C(C)(C)C. The van der Waals surface area contributed by atoms with Crippen LogP contribution in [0.4, 0.5) is 0 Å². The monoisotopic (exact) mass is 168 g/mol. The second-order valence-electron chi connectivity index (χ2n) is 5.38. The lowest BCUT2D eigenvalue weighted by atomic mass is 10.0. The van der Waals surface area contributed by atoms with Crippen LogP contribution >= 0.6 is 0 Å². The third-order valence-electron chi connectivity index (χ3n) is 3.61. The molecule has 0 aromatic carbocycles. The molecule has 2 nitrogen and oxygen atoms in total. The number of hydrogen-bond acceptors (Lipinski definition) is 2. The van der Waals surface area contributed by atoms with Gasteiger partial charge in [-0.25, -0.2) is 0 Å². The minimum absolute atomic E-state index is 0.326. The highest BCUT2D eigenvalue weighted by atomic mass is 15.3. The Morgan fingerprint density at radius 3 is 2.25 bits per heavy atom. The van der Waals surface area contributed by atoms with Crippen molar-refractivity contribution in [3.05, 3.63) is 0 Å². The van der Waals surface area contributed by atoms with Crippen LogP contribution in [0.15, 0.2) is 0 Å². The summed E-state index contributed by atoms with van der Waals surface area (Å²) in [7, 11) is 0. The normalized spacial score (nSPS) is 47.8. The molecule has 0 aromatic rings. The van der Waals surface area contributed by atoms with Crippen molar-refractivity contribution in [1.82, 2.24) is 4.90 Å². The molecule has 0 unspecified atom stereocenters. The van der Waals surface area contributed by atoms with Crippen LogP contribution < -0.4 is 5.73 Å². The number of nitrogens with two attached hydrogens (primary N) is 1. The van der Waals surface area contributed by atoms with E-state index in [0.717, 1.165) is 11.8 Å². The molecular formula is C10H20N2. The molecule has 1 aliphatic heterocycles. The van der Waals surface area contributed by atoms with Crippen LogP contribution in [0.3, 0.4) is 0 Å². The first kappa shape index (κ1) is 8.52. The smallest absolute Gasteiger partial charge is 0.0130 e. The van der Waals surface area contributed by atoms with Gasteiger partial charge in [-0.05, 0) is 39.5 Å². The molecule has 2 rings (SSSR count). The summed E-state index contributed by atoms with van der Waals surface area (Å²) in [5.41, 5.74) is 6.27. The van der Waals surface area contributed by atoms with Gasteiger partial charge in [0, 0.05) is 24.2 Å². The fourth-order valence-corrected chi connectivity index (χ4v) is 2.84. The predicted octanol–water partition coefficient (Wildman–Crippen LogP) is 1.06. The topological polar surface area (TPSA) is 29.3 Å². The average molecular weight is 168 g/mol. The molecular weight excluding hydrogens is 148 g/mol. The number of rotatable bonds is 0. The Morgan fingerprint density at radius 2 is 1.92 bits per heavy atom. The highest BCUT2D eigenvalue weighted by Crippen LogP contribution is 2.50. The third kappa shape index (κ3) is 1.01. The first-order chi connectivity index (χ1) is 5.43. The van der Waals surface area contributed by atoms with E-state index in [9.17, 15) is 0 Å². The highest BCUT2D eigenvalue weighted by Gasteiger charge is 2.59. The first-order valence-electron chi connectivity index (χ1n) is 4.95. The summed E-state index contributed by atoms with van der Waals surface area (Å²) in [6.07, 6.45) is 0. The van der Waals surface area contributed by atoms with Crippen LogP contribution in [0.2, 0.25) is 0 Å². The van der Waals surface area contributed by atoms with Crippen LogP contribution in [0.5, 0.6) is 0 Å². The van der Waals surface area contributed by atoms with E-state index in [1.54, 1.807) is 0 Å². The molecule has 0 amide bonds. The summed E-state index contributed by atoms with van der Waals surface area (Å²) in [5.74, 6) is 1.60. The minimum Gasteiger partial charge on any atom is -0.327 e. The second-order valence-corrected chi connectivity index (χ2v) is 5.38. The Bertz CT molecular complexity index is 195. The Morgan fingerprint density at radius 1 is 1.33 bits per heavy atom. The van der Waals surface area contributed by atoms with Gasteiger partial charge < -0.3 is 5.73 Å². The summed E-state index contributed by atoms with van der Waals surface area (Å²) < 4.78 is 0. The Hall–Kier alpha value is -0.0800. The average Bonchev–Trinajstić information content (AvgIpc) is 2.33. The lowest BCUT2D eigenvalue weighted by molar-refractivity contribution is 0.106. The molecule has 2 fully saturated rings. The number of nitrogens with zero attached hydrogens (tertiary/aromatic N) is 1. The van der Waals surface area contributed by atoms with E-state index in [1.165, 1.54) is 6.54 Å². The molecule has 1 saturated carbocycles. The summed E-state index contributed by atoms with van der Waals surface area (Å²) in [6, 6.07) is 1.21. The molecule has 0 radical (unpaired) electrons. The van der Waals surface area contributed by atoms with Crippen LogP contribution in [-0.2, 0) is 0 Å². The van der Waals surface area contributed by atoms with Crippen LogP contribution in [0.1, 0.15) is 27.7 Å². The molecule has 12 heavy (non-hydrogen) atoms. The molecule has 0 bridgehead atoms. The Kier molecular flexibility index (Phi) is 1.59. The van der Waals surface area contributed by atoms with Crippen molar-refractivity contribution < 1.29 is 0 Å². The lowest BCUT2D eigenvalue weighted by Crippen LogP contribution is -2.47. The minimum atomic E-state index is 0.326. The molecule has 4 atom stereocenters. The molecule has 1 aliphatic carbocycles. The van der Waals surface area contributed by atoms with Gasteiger partial charge in [0.25, 0.3) is 0 Å². The predicted molar refractivity (Wildman–Crippen MR) is 50.9 cm³/mol. The van der Waals surface area contributed by atoms with Crippen molar-refractivity contribution in [3.8, 4) is 0 Å². The lowest BCUT2D eigenvalue weighted by Gasteiger charge is -2.37. The first-order valence-corrected chi connectivity index (χ1v) is 4.95. The van der Waals surface area contributed by atoms with E-state index in [1.807, 2.05) is 0 Å². The van der Waals surface area contributed by atoms with Gasteiger partial charge in [0.1, 0.15) is 0 Å². The van der Waals surface area contributed by atoms with Gasteiger partial charge in [0.05, 0.1) is 0 Å². The van der Waals surface area contributed by atoms with E-state index in [2.05, 4.69) is 32.6 Å². The largest absolute Gasteiger partial charge is 0.327 e. The highest BCUT2D eigenvalue weighted by molar-refractivity contribution is 5.14. The summed E-state index contributed by atoms with van der Waals surface area (Å²) in [6.45, 7) is 10.4. The maximum absolute atomic E-state index is 5.94. The van der Waals surface area contributed by atoms with Gasteiger partial charge >= 0.3 is 0 Å². The fraction of sp³-hybridized carbons (Fsp3) is 1.00. The number of fused-ring (bicyclic) bond motifs is 1. The Balaban J connectivity index is 2.06. The van der Waals surface area contributed by atoms with E-state index >= 15 is 0 Å². The van der Waals surface area contributed by atoms with Gasteiger partial charge in [0.15, 0.2) is 0 Å².